The normalized spacial score (nSPS) is 14.8. The Morgan fingerprint density at radius 3 is 2.52 bits per heavy atom. The number of halogens is 2. The fourth-order valence-corrected chi connectivity index (χ4v) is 2.38. The minimum atomic E-state index is -0.256. The largest absolute Gasteiger partial charge is 0.348 e. The van der Waals surface area contributed by atoms with Crippen molar-refractivity contribution in [1.29, 1.82) is 0 Å². The van der Waals surface area contributed by atoms with Crippen molar-refractivity contribution in [2.75, 3.05) is 11.9 Å². The molecule has 0 bridgehead atoms. The first-order chi connectivity index (χ1) is 10.4. The van der Waals surface area contributed by atoms with E-state index in [4.69, 9.17) is 17.3 Å². The molecule has 0 saturated heterocycles. The van der Waals surface area contributed by atoms with Gasteiger partial charge in [0.05, 0.1) is 10.6 Å². The van der Waals surface area contributed by atoms with Crippen molar-refractivity contribution >= 4 is 41.5 Å². The van der Waals surface area contributed by atoms with E-state index in [0.29, 0.717) is 28.7 Å². The van der Waals surface area contributed by atoms with Crippen LogP contribution in [0.2, 0.25) is 5.02 Å². The van der Waals surface area contributed by atoms with Crippen molar-refractivity contribution in [2.24, 2.45) is 17.6 Å². The van der Waals surface area contributed by atoms with E-state index in [9.17, 15) is 9.59 Å². The highest BCUT2D eigenvalue weighted by Gasteiger charge is 2.31. The van der Waals surface area contributed by atoms with Crippen LogP contribution in [0.1, 0.15) is 37.0 Å². The van der Waals surface area contributed by atoms with Crippen molar-refractivity contribution < 1.29 is 9.59 Å². The van der Waals surface area contributed by atoms with Gasteiger partial charge in [-0.1, -0.05) is 25.4 Å². The van der Waals surface area contributed by atoms with E-state index in [1.807, 2.05) is 0 Å². The molecule has 0 aromatic heterocycles. The number of rotatable bonds is 6. The Balaban J connectivity index is 0.00000264. The van der Waals surface area contributed by atoms with Crippen LogP contribution in [0.15, 0.2) is 18.2 Å². The molecule has 1 aromatic carbocycles. The highest BCUT2D eigenvalue weighted by Crippen LogP contribution is 2.32. The minimum Gasteiger partial charge on any atom is -0.348 e. The molecule has 2 amide bonds. The Kier molecular flexibility index (Phi) is 7.32. The van der Waals surface area contributed by atoms with Gasteiger partial charge in [0.2, 0.25) is 5.91 Å². The average Bonchev–Trinajstić information content (AvgIpc) is 3.30. The molecule has 7 heteroatoms. The van der Waals surface area contributed by atoms with E-state index in [0.717, 1.165) is 12.8 Å². The molecule has 1 unspecified atom stereocenters. The molecule has 4 N–H and O–H groups in total. The van der Waals surface area contributed by atoms with Crippen LogP contribution >= 0.6 is 24.0 Å². The second kappa shape index (κ2) is 8.52. The van der Waals surface area contributed by atoms with Crippen molar-refractivity contribution in [1.82, 2.24) is 5.32 Å². The summed E-state index contributed by atoms with van der Waals surface area (Å²) in [6.45, 7) is 4.03. The molecule has 5 nitrogen and oxygen atoms in total. The third-order valence-electron chi connectivity index (χ3n) is 3.76. The van der Waals surface area contributed by atoms with Crippen LogP contribution in [0, 0.1) is 11.8 Å². The molecule has 1 atom stereocenters. The smallest absolute Gasteiger partial charge is 0.253 e. The standard InChI is InChI=1S/C16H22ClN3O2.ClH/c1-9(2)15(21)19-11-5-6-13(17)12(7-11)16(22)20-14(8-18)10-3-4-10;/h5-7,9-10,14H,3-4,8,18H2,1-2H3,(H,19,21)(H,20,22);1H. The summed E-state index contributed by atoms with van der Waals surface area (Å²) in [5.41, 5.74) is 6.61. The van der Waals surface area contributed by atoms with Crippen LogP contribution < -0.4 is 16.4 Å². The average molecular weight is 360 g/mol. The summed E-state index contributed by atoms with van der Waals surface area (Å²) < 4.78 is 0. The molecule has 1 fully saturated rings. The van der Waals surface area contributed by atoms with E-state index in [1.54, 1.807) is 32.0 Å². The lowest BCUT2D eigenvalue weighted by Crippen LogP contribution is -2.41. The number of hydrogen-bond donors (Lipinski definition) is 3. The third-order valence-corrected chi connectivity index (χ3v) is 4.09. The highest BCUT2D eigenvalue weighted by atomic mass is 35.5. The van der Waals surface area contributed by atoms with Gasteiger partial charge in [-0.15, -0.1) is 12.4 Å². The van der Waals surface area contributed by atoms with Crippen LogP contribution in [0.4, 0.5) is 5.69 Å². The van der Waals surface area contributed by atoms with Gasteiger partial charge in [0.15, 0.2) is 0 Å². The number of nitrogens with one attached hydrogen (secondary N) is 2. The first kappa shape index (κ1) is 19.7. The van der Waals surface area contributed by atoms with E-state index in [2.05, 4.69) is 10.6 Å². The molecular formula is C16H23Cl2N3O2. The van der Waals surface area contributed by atoms with Crippen molar-refractivity contribution in [3.63, 3.8) is 0 Å². The molecule has 2 rings (SSSR count). The molecule has 0 radical (unpaired) electrons. The zero-order chi connectivity index (χ0) is 16.3. The maximum Gasteiger partial charge on any atom is 0.253 e. The lowest BCUT2D eigenvalue weighted by molar-refractivity contribution is -0.118. The topological polar surface area (TPSA) is 84.2 Å². The zero-order valence-electron chi connectivity index (χ0n) is 13.3. The maximum atomic E-state index is 12.4. The van der Waals surface area contributed by atoms with Gasteiger partial charge in [0.25, 0.3) is 5.91 Å². The molecule has 1 aromatic rings. The van der Waals surface area contributed by atoms with Gasteiger partial charge in [-0.3, -0.25) is 9.59 Å². The van der Waals surface area contributed by atoms with Crippen molar-refractivity contribution in [3.05, 3.63) is 28.8 Å². The molecule has 0 aliphatic heterocycles. The molecule has 128 valence electrons. The Labute approximate surface area is 147 Å². The van der Waals surface area contributed by atoms with E-state index in [-0.39, 0.29) is 36.2 Å². The lowest BCUT2D eigenvalue weighted by Gasteiger charge is -2.17. The van der Waals surface area contributed by atoms with E-state index >= 15 is 0 Å². The predicted molar refractivity (Wildman–Crippen MR) is 95.2 cm³/mol. The summed E-state index contributed by atoms with van der Waals surface area (Å²) in [5.74, 6) is -0.0273. The van der Waals surface area contributed by atoms with Gasteiger partial charge in [-0.05, 0) is 37.0 Å². The van der Waals surface area contributed by atoms with Gasteiger partial charge >= 0.3 is 0 Å². The SMILES string of the molecule is CC(C)C(=O)Nc1ccc(Cl)c(C(=O)NC(CN)C2CC2)c1.Cl. The first-order valence-electron chi connectivity index (χ1n) is 7.53. The number of amides is 2. The van der Waals surface area contributed by atoms with Crippen molar-refractivity contribution in [2.45, 2.75) is 32.7 Å². The van der Waals surface area contributed by atoms with Crippen molar-refractivity contribution in [3.8, 4) is 0 Å². The van der Waals surface area contributed by atoms with Crippen LogP contribution in [0.25, 0.3) is 0 Å². The number of hydrogen-bond acceptors (Lipinski definition) is 3. The van der Waals surface area contributed by atoms with Crippen LogP contribution in [0.5, 0.6) is 0 Å². The summed E-state index contributed by atoms with van der Waals surface area (Å²) in [7, 11) is 0. The summed E-state index contributed by atoms with van der Waals surface area (Å²) >= 11 is 6.11. The van der Waals surface area contributed by atoms with Gasteiger partial charge < -0.3 is 16.4 Å². The summed E-state index contributed by atoms with van der Waals surface area (Å²) in [4.78, 5) is 24.1. The number of nitrogens with two attached hydrogens (primary N) is 1. The van der Waals surface area contributed by atoms with Gasteiger partial charge in [0, 0.05) is 24.2 Å². The lowest BCUT2D eigenvalue weighted by atomic mass is 10.1. The fraction of sp³-hybridized carbons (Fsp3) is 0.500. The minimum absolute atomic E-state index is 0. The Hall–Kier alpha value is -1.30. The number of benzene rings is 1. The van der Waals surface area contributed by atoms with Crippen LogP contribution in [-0.4, -0.2) is 24.4 Å². The Morgan fingerprint density at radius 2 is 2.00 bits per heavy atom. The number of carbonyl (C=O) groups excluding carboxylic acids is 2. The second-order valence-electron chi connectivity index (χ2n) is 5.99. The van der Waals surface area contributed by atoms with Crippen LogP contribution in [0.3, 0.4) is 0 Å². The van der Waals surface area contributed by atoms with Crippen LogP contribution in [-0.2, 0) is 4.79 Å². The highest BCUT2D eigenvalue weighted by molar-refractivity contribution is 6.34. The second-order valence-corrected chi connectivity index (χ2v) is 6.40. The fourth-order valence-electron chi connectivity index (χ4n) is 2.18. The molecule has 1 aliphatic rings. The number of anilines is 1. The molecule has 1 saturated carbocycles. The summed E-state index contributed by atoms with van der Waals surface area (Å²) in [6, 6.07) is 4.87. The molecule has 1 aliphatic carbocycles. The van der Waals surface area contributed by atoms with Gasteiger partial charge in [-0.2, -0.15) is 0 Å². The van der Waals surface area contributed by atoms with E-state index in [1.165, 1.54) is 0 Å². The maximum absolute atomic E-state index is 12.4. The summed E-state index contributed by atoms with van der Waals surface area (Å²) in [6.07, 6.45) is 2.20. The van der Waals surface area contributed by atoms with E-state index < -0.39 is 0 Å². The molecule has 0 spiro atoms. The Morgan fingerprint density at radius 1 is 1.35 bits per heavy atom. The molecule has 23 heavy (non-hydrogen) atoms. The predicted octanol–water partition coefficient (Wildman–Crippen LogP) is 2.82. The monoisotopic (exact) mass is 359 g/mol. The Bertz CT molecular complexity index is 574. The molecular weight excluding hydrogens is 337 g/mol. The van der Waals surface area contributed by atoms with Gasteiger partial charge in [-0.25, -0.2) is 0 Å². The molecule has 0 heterocycles. The van der Waals surface area contributed by atoms with Gasteiger partial charge in [0.1, 0.15) is 0 Å². The first-order valence-corrected chi connectivity index (χ1v) is 7.91. The quantitative estimate of drug-likeness (QED) is 0.729. The number of carbonyl (C=O) groups is 2. The summed E-state index contributed by atoms with van der Waals surface area (Å²) in [5, 5.41) is 6.05. The zero-order valence-corrected chi connectivity index (χ0v) is 14.8. The third kappa shape index (κ3) is 5.37.